The molecule has 14 heavy (non-hydrogen) atoms. The Morgan fingerprint density at radius 3 is 1.21 bits per heavy atom. The third-order valence-corrected chi connectivity index (χ3v) is 5.91. The molecule has 0 bridgehead atoms. The van der Waals surface area contributed by atoms with E-state index in [0.717, 1.165) is 0 Å². The highest BCUT2D eigenvalue weighted by Gasteiger charge is 2.37. The van der Waals surface area contributed by atoms with E-state index in [9.17, 15) is 9.59 Å². The molecule has 8 heteroatoms. The summed E-state index contributed by atoms with van der Waals surface area (Å²) >= 11 is 22.9. The molecular weight excluding hydrogens is 495 g/mol. The van der Waals surface area contributed by atoms with Crippen molar-refractivity contribution in [3.8, 4) is 0 Å². The van der Waals surface area contributed by atoms with Crippen LogP contribution in [0.3, 0.4) is 0 Å². The molecule has 0 saturated carbocycles. The summed E-state index contributed by atoms with van der Waals surface area (Å²) in [5, 5.41) is -1.18. The molecule has 0 aromatic carbocycles. The van der Waals surface area contributed by atoms with Gasteiger partial charge in [-0.15, -0.1) is 0 Å². The van der Waals surface area contributed by atoms with E-state index in [0.29, 0.717) is 12.8 Å². The van der Waals surface area contributed by atoms with Crippen LogP contribution in [0.5, 0.6) is 0 Å². The molecule has 0 heterocycles. The second kappa shape index (κ2) is 5.96. The standard InChI is InChI=1S/C6H4Br4Cl2O2/c7-5(8,3(11)13)1-2-6(9,10)4(12)14/h1-2H2. The summed E-state index contributed by atoms with van der Waals surface area (Å²) in [5.74, 6) is 0. The van der Waals surface area contributed by atoms with Gasteiger partial charge in [-0.2, -0.15) is 0 Å². The molecule has 82 valence electrons. The Morgan fingerprint density at radius 1 is 0.857 bits per heavy atom. The first-order chi connectivity index (χ1) is 6.09. The van der Waals surface area contributed by atoms with Gasteiger partial charge in [0.1, 0.15) is 0 Å². The van der Waals surface area contributed by atoms with Gasteiger partial charge in [0.15, 0.2) is 6.47 Å². The summed E-state index contributed by atoms with van der Waals surface area (Å²) in [7, 11) is 0. The molecule has 2 nitrogen and oxygen atoms in total. The van der Waals surface area contributed by atoms with E-state index in [1.165, 1.54) is 0 Å². The van der Waals surface area contributed by atoms with E-state index in [2.05, 4.69) is 63.7 Å². The lowest BCUT2D eigenvalue weighted by Crippen LogP contribution is -2.26. The van der Waals surface area contributed by atoms with Crippen LogP contribution >= 0.6 is 86.9 Å². The number of rotatable bonds is 5. The molecule has 0 unspecified atom stereocenters. The van der Waals surface area contributed by atoms with Gasteiger partial charge in [-0.05, 0) is 36.0 Å². The van der Waals surface area contributed by atoms with Crippen molar-refractivity contribution in [2.75, 3.05) is 0 Å². The van der Waals surface area contributed by atoms with Gasteiger partial charge in [0, 0.05) is 0 Å². The monoisotopic (exact) mass is 494 g/mol. The second-order valence-corrected chi connectivity index (χ2v) is 10.7. The van der Waals surface area contributed by atoms with E-state index in [1.807, 2.05) is 0 Å². The van der Waals surface area contributed by atoms with Crippen LogP contribution in [0.15, 0.2) is 0 Å². The minimum Gasteiger partial charge on any atom is -0.279 e. The largest absolute Gasteiger partial charge is 0.279 e. The molecule has 0 aliphatic carbocycles. The molecule has 0 atom stereocenters. The molecule has 0 aliphatic heterocycles. The first-order valence-electron chi connectivity index (χ1n) is 3.25. The highest BCUT2D eigenvalue weighted by atomic mass is 79.9. The van der Waals surface area contributed by atoms with Gasteiger partial charge < -0.3 is 0 Å². The number of carbonyl (C=O) groups excluding carboxylic acids is 2. The molecule has 0 aromatic rings. The fraction of sp³-hybridized carbons (Fsp3) is 0.667. The lowest BCUT2D eigenvalue weighted by molar-refractivity contribution is -0.113. The van der Waals surface area contributed by atoms with Crippen LogP contribution in [0.25, 0.3) is 0 Å². The summed E-state index contributed by atoms with van der Waals surface area (Å²) in [5.41, 5.74) is 0. The van der Waals surface area contributed by atoms with Crippen molar-refractivity contribution in [2.45, 2.75) is 19.3 Å². The third kappa shape index (κ3) is 5.25. The first-order valence-corrected chi connectivity index (χ1v) is 7.18. The van der Waals surface area contributed by atoms with Gasteiger partial charge in [0.25, 0.3) is 0 Å². The van der Waals surface area contributed by atoms with Crippen LogP contribution in [-0.4, -0.2) is 17.0 Å². The molecular formula is C6H4Br4Cl2O2. The van der Waals surface area contributed by atoms with Crippen LogP contribution in [0.1, 0.15) is 12.8 Å². The molecule has 0 aliphatic rings. The van der Waals surface area contributed by atoms with Crippen molar-refractivity contribution >= 4 is 97.4 Å². The zero-order valence-electron chi connectivity index (χ0n) is 6.50. The zero-order chi connectivity index (χ0) is 11.6. The summed E-state index contributed by atoms with van der Waals surface area (Å²) in [4.78, 5) is 21.8. The summed E-state index contributed by atoms with van der Waals surface area (Å²) in [6.45, 7) is 0. The quantitative estimate of drug-likeness (QED) is 0.419. The third-order valence-electron chi connectivity index (χ3n) is 1.33. The number of alkyl halides is 4. The summed E-state index contributed by atoms with van der Waals surface area (Å²) < 4.78 is -2.05. The molecule has 0 fully saturated rings. The topological polar surface area (TPSA) is 34.1 Å². The molecule has 0 spiro atoms. The minimum atomic E-state index is -1.03. The maximum Gasteiger partial charge on any atom is 0.249 e. The minimum absolute atomic E-state index is 0.296. The van der Waals surface area contributed by atoms with E-state index in [-0.39, 0.29) is 0 Å². The maximum atomic E-state index is 10.9. The Balaban J connectivity index is 4.32. The number of hydrogen-bond donors (Lipinski definition) is 0. The fourth-order valence-electron chi connectivity index (χ4n) is 0.511. The number of halogens is 6. The highest BCUT2D eigenvalue weighted by molar-refractivity contribution is 9.26. The first kappa shape index (κ1) is 15.8. The smallest absolute Gasteiger partial charge is 0.249 e. The van der Waals surface area contributed by atoms with Gasteiger partial charge in [-0.3, -0.25) is 9.59 Å². The van der Waals surface area contributed by atoms with Crippen molar-refractivity contribution in [3.05, 3.63) is 0 Å². The molecule has 0 saturated heterocycles. The second-order valence-electron chi connectivity index (χ2n) is 2.46. The van der Waals surface area contributed by atoms with Crippen molar-refractivity contribution in [2.24, 2.45) is 0 Å². The normalized spacial score (nSPS) is 12.7. The predicted octanol–water partition coefficient (Wildman–Crippen LogP) is 4.27. The number of hydrogen-bond acceptors (Lipinski definition) is 2. The predicted molar refractivity (Wildman–Crippen MR) is 72.1 cm³/mol. The lowest BCUT2D eigenvalue weighted by atomic mass is 10.2. The van der Waals surface area contributed by atoms with Gasteiger partial charge >= 0.3 is 0 Å². The Morgan fingerprint density at radius 2 is 1.07 bits per heavy atom. The van der Waals surface area contributed by atoms with Gasteiger partial charge in [0.05, 0.1) is 0 Å². The summed E-state index contributed by atoms with van der Waals surface area (Å²) in [6.07, 6.45) is 0.592. The molecule has 0 aromatic heterocycles. The van der Waals surface area contributed by atoms with Crippen LogP contribution in [0, 0.1) is 0 Å². The van der Waals surface area contributed by atoms with E-state index in [1.54, 1.807) is 0 Å². The van der Waals surface area contributed by atoms with Crippen LogP contribution < -0.4 is 0 Å². The Labute approximate surface area is 125 Å². The zero-order valence-corrected chi connectivity index (χ0v) is 14.4. The average Bonchev–Trinajstić information content (AvgIpc) is 2.01. The average molecular weight is 499 g/mol. The van der Waals surface area contributed by atoms with E-state index >= 15 is 0 Å². The van der Waals surface area contributed by atoms with Crippen molar-refractivity contribution in [3.63, 3.8) is 0 Å². The van der Waals surface area contributed by atoms with Crippen LogP contribution in [0.2, 0.25) is 0 Å². The molecule has 0 N–H and O–H groups in total. The van der Waals surface area contributed by atoms with Crippen molar-refractivity contribution < 1.29 is 9.59 Å². The lowest BCUT2D eigenvalue weighted by Gasteiger charge is -2.20. The van der Waals surface area contributed by atoms with Gasteiger partial charge in [-0.1, -0.05) is 63.7 Å². The van der Waals surface area contributed by atoms with Crippen molar-refractivity contribution in [1.82, 2.24) is 0 Å². The molecule has 0 radical (unpaired) electrons. The summed E-state index contributed by atoms with van der Waals surface area (Å²) in [6, 6.07) is 0. The van der Waals surface area contributed by atoms with Crippen molar-refractivity contribution in [1.29, 1.82) is 0 Å². The van der Waals surface area contributed by atoms with Crippen LogP contribution in [0.4, 0.5) is 0 Å². The molecule has 0 amide bonds. The maximum absolute atomic E-state index is 10.9. The Kier molecular flexibility index (Phi) is 6.74. The molecule has 0 rings (SSSR count). The van der Waals surface area contributed by atoms with E-state index in [4.69, 9.17) is 23.2 Å². The van der Waals surface area contributed by atoms with E-state index < -0.39 is 17.0 Å². The van der Waals surface area contributed by atoms with Gasteiger partial charge in [0.2, 0.25) is 10.5 Å². The number of carbonyl (C=O) groups is 2. The van der Waals surface area contributed by atoms with Crippen LogP contribution in [-0.2, 0) is 9.59 Å². The van der Waals surface area contributed by atoms with Gasteiger partial charge in [-0.25, -0.2) is 0 Å². The Bertz CT molecular complexity index is 228. The SMILES string of the molecule is O=C(Cl)C(Br)(Br)CCC(Br)(Br)C(=O)Cl. The Hall–Kier alpha value is 1.84. The fourth-order valence-corrected chi connectivity index (χ4v) is 1.49. The highest BCUT2D eigenvalue weighted by Crippen LogP contribution is 2.41.